The van der Waals surface area contributed by atoms with Gasteiger partial charge in [-0.25, -0.2) is 0 Å². The molecule has 0 N–H and O–H groups in total. The van der Waals surface area contributed by atoms with E-state index in [2.05, 4.69) is 0 Å². The largest absolute Gasteiger partial charge is 0.490 e. The number of carbonyl (C=O) groups is 1. The van der Waals surface area contributed by atoms with Crippen LogP contribution in [0.1, 0.15) is 11.1 Å². The van der Waals surface area contributed by atoms with Gasteiger partial charge in [-0.2, -0.15) is 0 Å². The molecule has 0 bridgehead atoms. The van der Waals surface area contributed by atoms with Crippen molar-refractivity contribution in [3.8, 4) is 11.5 Å². The lowest BCUT2D eigenvalue weighted by molar-refractivity contribution is -0.121. The number of amides is 1. The molecule has 1 fully saturated rings. The third kappa shape index (κ3) is 4.81. The second-order valence-corrected chi connectivity index (χ2v) is 8.51. The first-order valence-electron chi connectivity index (χ1n) is 8.38. The topological polar surface area (TPSA) is 38.8 Å². The van der Waals surface area contributed by atoms with Crippen molar-refractivity contribution in [2.45, 2.75) is 6.92 Å². The maximum atomic E-state index is 12.1. The van der Waals surface area contributed by atoms with Crippen molar-refractivity contribution >= 4 is 63.5 Å². The lowest BCUT2D eigenvalue weighted by atomic mass is 10.2. The Hall–Kier alpha value is -1.73. The van der Waals surface area contributed by atoms with E-state index in [4.69, 9.17) is 44.9 Å². The van der Waals surface area contributed by atoms with E-state index >= 15 is 0 Å². The fourth-order valence-electron chi connectivity index (χ4n) is 2.51. The van der Waals surface area contributed by atoms with Gasteiger partial charge in [0, 0.05) is 7.05 Å². The van der Waals surface area contributed by atoms with Crippen molar-refractivity contribution in [2.24, 2.45) is 0 Å². The summed E-state index contributed by atoms with van der Waals surface area (Å²) in [7, 11) is 1.65. The summed E-state index contributed by atoms with van der Waals surface area (Å²) in [6.45, 7) is 2.63. The van der Waals surface area contributed by atoms with Crippen LogP contribution in [0.25, 0.3) is 6.08 Å². The fraction of sp³-hybridized carbons (Fsp3) is 0.200. The smallest absolute Gasteiger partial charge is 0.265 e. The molecule has 0 radical (unpaired) electrons. The van der Waals surface area contributed by atoms with Crippen LogP contribution in [0.3, 0.4) is 0 Å². The van der Waals surface area contributed by atoms with Crippen LogP contribution in [0, 0.1) is 6.92 Å². The molecule has 0 atom stereocenters. The van der Waals surface area contributed by atoms with Crippen LogP contribution in [-0.2, 0) is 4.79 Å². The van der Waals surface area contributed by atoms with E-state index in [1.54, 1.807) is 25.3 Å². The summed E-state index contributed by atoms with van der Waals surface area (Å²) in [5.41, 5.74) is 1.76. The number of thioether (sulfide) groups is 1. The van der Waals surface area contributed by atoms with Crippen molar-refractivity contribution in [2.75, 3.05) is 20.3 Å². The molecule has 1 heterocycles. The average molecular weight is 454 g/mol. The number of thiocarbonyl (C=S) groups is 1. The Morgan fingerprint density at radius 2 is 1.79 bits per heavy atom. The highest BCUT2D eigenvalue weighted by Gasteiger charge is 2.28. The van der Waals surface area contributed by atoms with Crippen LogP contribution in [-0.4, -0.2) is 35.4 Å². The lowest BCUT2D eigenvalue weighted by Gasteiger charge is -2.13. The van der Waals surface area contributed by atoms with Gasteiger partial charge in [-0.1, -0.05) is 65.4 Å². The molecule has 0 spiro atoms. The van der Waals surface area contributed by atoms with Gasteiger partial charge in [0.2, 0.25) is 0 Å². The molecule has 4 nitrogen and oxygen atoms in total. The molecule has 3 rings (SSSR count). The minimum atomic E-state index is -0.143. The minimum absolute atomic E-state index is 0.143. The summed E-state index contributed by atoms with van der Waals surface area (Å²) < 4.78 is 11.9. The predicted molar refractivity (Wildman–Crippen MR) is 120 cm³/mol. The van der Waals surface area contributed by atoms with E-state index in [-0.39, 0.29) is 5.91 Å². The summed E-state index contributed by atoms with van der Waals surface area (Å²) >= 11 is 19.0. The van der Waals surface area contributed by atoms with E-state index in [1.807, 2.05) is 31.2 Å². The van der Waals surface area contributed by atoms with E-state index in [1.165, 1.54) is 16.7 Å². The SMILES string of the molecule is Cc1ccccc1OCCOc1c(Cl)cc(/C=C2/SC(=S)N(C)C2=O)cc1Cl. The zero-order valence-corrected chi connectivity index (χ0v) is 18.3. The standard InChI is InChI=1S/C20H17Cl2NO3S2/c1-12-5-3-4-6-16(12)25-7-8-26-18-14(21)9-13(10-15(18)22)11-17-19(24)23(2)20(27)28-17/h3-6,9-11H,7-8H2,1-2H3/b17-11+. The second kappa shape index (κ2) is 9.18. The Kier molecular flexibility index (Phi) is 6.88. The number of hydrogen-bond donors (Lipinski definition) is 0. The normalized spacial score (nSPS) is 15.4. The molecule has 2 aromatic rings. The maximum absolute atomic E-state index is 12.1. The second-order valence-electron chi connectivity index (χ2n) is 6.02. The minimum Gasteiger partial charge on any atom is -0.490 e. The number of aryl methyl sites for hydroxylation is 1. The first-order chi connectivity index (χ1) is 13.4. The molecule has 8 heteroatoms. The average Bonchev–Trinajstić information content (AvgIpc) is 2.88. The van der Waals surface area contributed by atoms with Gasteiger partial charge in [-0.15, -0.1) is 0 Å². The Balaban J connectivity index is 1.65. The quantitative estimate of drug-likeness (QED) is 0.323. The number of hydrogen-bond acceptors (Lipinski definition) is 5. The van der Waals surface area contributed by atoms with Crippen LogP contribution >= 0.6 is 47.2 Å². The number of benzene rings is 2. The van der Waals surface area contributed by atoms with Crippen LogP contribution < -0.4 is 9.47 Å². The number of nitrogens with zero attached hydrogens (tertiary/aromatic N) is 1. The summed E-state index contributed by atoms with van der Waals surface area (Å²) in [6, 6.07) is 11.2. The number of para-hydroxylation sites is 1. The molecule has 1 aliphatic heterocycles. The summed E-state index contributed by atoms with van der Waals surface area (Å²) in [5, 5.41) is 0.725. The number of carbonyl (C=O) groups excluding carboxylic acids is 1. The van der Waals surface area contributed by atoms with Crippen LogP contribution in [0.15, 0.2) is 41.3 Å². The number of likely N-dealkylation sites (N-methyl/N-ethyl adjacent to an activating group) is 1. The summed E-state index contributed by atoms with van der Waals surface area (Å²) in [6.07, 6.45) is 1.71. The van der Waals surface area contributed by atoms with Crippen LogP contribution in [0.5, 0.6) is 11.5 Å². The van der Waals surface area contributed by atoms with Crippen molar-refractivity contribution in [3.63, 3.8) is 0 Å². The van der Waals surface area contributed by atoms with Crippen molar-refractivity contribution in [3.05, 3.63) is 62.5 Å². The molecular formula is C20H17Cl2NO3S2. The Labute approximate surface area is 183 Å². The molecule has 1 saturated heterocycles. The van der Waals surface area contributed by atoms with Crippen molar-refractivity contribution < 1.29 is 14.3 Å². The highest BCUT2D eigenvalue weighted by Crippen LogP contribution is 2.37. The molecule has 28 heavy (non-hydrogen) atoms. The molecule has 0 aliphatic carbocycles. The molecule has 1 aliphatic rings. The van der Waals surface area contributed by atoms with Crippen molar-refractivity contribution in [1.82, 2.24) is 4.90 Å². The van der Waals surface area contributed by atoms with E-state index in [9.17, 15) is 4.79 Å². The van der Waals surface area contributed by atoms with Crippen LogP contribution in [0.2, 0.25) is 10.0 Å². The number of rotatable bonds is 6. The van der Waals surface area contributed by atoms with Gasteiger partial charge in [-0.05, 0) is 42.3 Å². The zero-order valence-electron chi connectivity index (χ0n) is 15.2. The maximum Gasteiger partial charge on any atom is 0.265 e. The van der Waals surface area contributed by atoms with Gasteiger partial charge in [0.15, 0.2) is 5.75 Å². The highest BCUT2D eigenvalue weighted by atomic mass is 35.5. The van der Waals surface area contributed by atoms with Gasteiger partial charge in [-0.3, -0.25) is 9.69 Å². The molecule has 2 aromatic carbocycles. The van der Waals surface area contributed by atoms with Gasteiger partial charge in [0.25, 0.3) is 5.91 Å². The lowest BCUT2D eigenvalue weighted by Crippen LogP contribution is -2.22. The highest BCUT2D eigenvalue weighted by molar-refractivity contribution is 8.26. The number of halogens is 2. The predicted octanol–water partition coefficient (Wildman–Crippen LogP) is 5.59. The molecular weight excluding hydrogens is 437 g/mol. The Morgan fingerprint density at radius 3 is 2.39 bits per heavy atom. The Morgan fingerprint density at radius 1 is 1.14 bits per heavy atom. The molecule has 0 saturated carbocycles. The first kappa shape index (κ1) is 21.0. The Bertz CT molecular complexity index is 939. The summed E-state index contributed by atoms with van der Waals surface area (Å²) in [4.78, 5) is 14.1. The van der Waals surface area contributed by atoms with Gasteiger partial charge >= 0.3 is 0 Å². The third-order valence-corrected chi connectivity index (χ3v) is 6.03. The van der Waals surface area contributed by atoms with Gasteiger partial charge in [0.05, 0.1) is 15.0 Å². The summed E-state index contributed by atoms with van der Waals surface area (Å²) in [5.74, 6) is 1.06. The van der Waals surface area contributed by atoms with Crippen molar-refractivity contribution in [1.29, 1.82) is 0 Å². The van der Waals surface area contributed by atoms with Gasteiger partial charge < -0.3 is 9.47 Å². The van der Waals surface area contributed by atoms with E-state index in [0.717, 1.165) is 11.3 Å². The molecule has 0 aromatic heterocycles. The molecule has 0 unspecified atom stereocenters. The third-order valence-electron chi connectivity index (χ3n) is 3.99. The first-order valence-corrected chi connectivity index (χ1v) is 10.4. The van der Waals surface area contributed by atoms with Gasteiger partial charge in [0.1, 0.15) is 23.3 Å². The van der Waals surface area contributed by atoms with Crippen LogP contribution in [0.4, 0.5) is 0 Å². The monoisotopic (exact) mass is 453 g/mol. The molecule has 146 valence electrons. The fourth-order valence-corrected chi connectivity index (χ4v) is 4.30. The zero-order chi connectivity index (χ0) is 20.3. The molecule has 1 amide bonds. The van der Waals surface area contributed by atoms with E-state index < -0.39 is 0 Å². The number of ether oxygens (including phenoxy) is 2. The van der Waals surface area contributed by atoms with E-state index in [0.29, 0.717) is 43.8 Å².